The molecule has 0 amide bonds. The van der Waals surface area contributed by atoms with E-state index in [9.17, 15) is 4.39 Å². The summed E-state index contributed by atoms with van der Waals surface area (Å²) < 4.78 is 18.9. The van der Waals surface area contributed by atoms with Crippen LogP contribution in [0.1, 0.15) is 11.1 Å². The summed E-state index contributed by atoms with van der Waals surface area (Å²) >= 11 is 12.1. The molecule has 0 aliphatic heterocycles. The van der Waals surface area contributed by atoms with Gasteiger partial charge in [0.05, 0.1) is 0 Å². The number of nitrogens with two attached hydrogens (primary N) is 1. The molecule has 0 unspecified atom stereocenters. The van der Waals surface area contributed by atoms with E-state index < -0.39 is 0 Å². The number of halogens is 3. The van der Waals surface area contributed by atoms with Crippen LogP contribution in [0.2, 0.25) is 10.0 Å². The largest absolute Gasteiger partial charge is 0.489 e. The molecule has 0 aromatic heterocycles. The van der Waals surface area contributed by atoms with Crippen molar-refractivity contribution in [3.8, 4) is 5.75 Å². The second-order valence-electron chi connectivity index (χ2n) is 4.28. The molecule has 2 aromatic carbocycles. The summed E-state index contributed by atoms with van der Waals surface area (Å²) in [6.07, 6.45) is 0.617. The Morgan fingerprint density at radius 2 is 1.90 bits per heavy atom. The van der Waals surface area contributed by atoms with Crippen molar-refractivity contribution in [3.63, 3.8) is 0 Å². The van der Waals surface area contributed by atoms with Gasteiger partial charge in [0.25, 0.3) is 0 Å². The first-order valence-electron chi connectivity index (χ1n) is 6.16. The first-order valence-corrected chi connectivity index (χ1v) is 6.91. The highest BCUT2D eigenvalue weighted by molar-refractivity contribution is 6.31. The van der Waals surface area contributed by atoms with Crippen LogP contribution in [0.4, 0.5) is 4.39 Å². The Labute approximate surface area is 127 Å². The van der Waals surface area contributed by atoms with Gasteiger partial charge in [0.1, 0.15) is 18.2 Å². The van der Waals surface area contributed by atoms with Crippen molar-refractivity contribution >= 4 is 23.2 Å². The molecule has 2 aromatic rings. The predicted octanol–water partition coefficient (Wildman–Crippen LogP) is 4.21. The van der Waals surface area contributed by atoms with Crippen LogP contribution in [0.3, 0.4) is 0 Å². The van der Waals surface area contributed by atoms with Gasteiger partial charge in [-0.1, -0.05) is 29.3 Å². The Morgan fingerprint density at radius 1 is 1.10 bits per heavy atom. The molecular formula is C15H14Cl2FNO. The minimum absolute atomic E-state index is 0.175. The third-order valence-electron chi connectivity index (χ3n) is 2.86. The molecule has 0 heterocycles. The van der Waals surface area contributed by atoms with Gasteiger partial charge in [-0.3, -0.25) is 0 Å². The first kappa shape index (κ1) is 15.1. The van der Waals surface area contributed by atoms with Gasteiger partial charge in [0.15, 0.2) is 0 Å². The number of benzene rings is 2. The summed E-state index contributed by atoms with van der Waals surface area (Å²) in [7, 11) is 0. The Hall–Kier alpha value is -1.29. The molecule has 0 aliphatic rings. The molecule has 0 saturated carbocycles. The molecule has 20 heavy (non-hydrogen) atoms. The van der Waals surface area contributed by atoms with Crippen LogP contribution in [0.5, 0.6) is 5.75 Å². The fourth-order valence-corrected chi connectivity index (χ4v) is 2.30. The molecule has 5 heteroatoms. The Kier molecular flexibility index (Phi) is 5.24. The van der Waals surface area contributed by atoms with Crippen LogP contribution < -0.4 is 10.5 Å². The summed E-state index contributed by atoms with van der Waals surface area (Å²) in [5.41, 5.74) is 7.00. The lowest BCUT2D eigenvalue weighted by Crippen LogP contribution is -2.06. The molecule has 0 fully saturated rings. The van der Waals surface area contributed by atoms with E-state index in [2.05, 4.69) is 0 Å². The van der Waals surface area contributed by atoms with E-state index in [1.165, 1.54) is 18.2 Å². The van der Waals surface area contributed by atoms with Crippen molar-refractivity contribution < 1.29 is 9.13 Å². The summed E-state index contributed by atoms with van der Waals surface area (Å²) in [5, 5.41) is 1.08. The number of hydrogen-bond acceptors (Lipinski definition) is 2. The SMILES string of the molecule is NCCc1c(Cl)cccc1OCc1cc(F)ccc1Cl. The van der Waals surface area contributed by atoms with Crippen LogP contribution >= 0.6 is 23.2 Å². The topological polar surface area (TPSA) is 35.2 Å². The monoisotopic (exact) mass is 313 g/mol. The molecule has 2 rings (SSSR count). The number of ether oxygens (including phenoxy) is 1. The van der Waals surface area contributed by atoms with Crippen LogP contribution in [0.15, 0.2) is 36.4 Å². The predicted molar refractivity (Wildman–Crippen MR) is 80.0 cm³/mol. The highest BCUT2D eigenvalue weighted by Gasteiger charge is 2.09. The van der Waals surface area contributed by atoms with Crippen LogP contribution in [-0.4, -0.2) is 6.54 Å². The second kappa shape index (κ2) is 6.93. The van der Waals surface area contributed by atoms with Crippen molar-refractivity contribution in [3.05, 3.63) is 63.4 Å². The molecule has 0 aliphatic carbocycles. The standard InChI is InChI=1S/C15H14Cl2FNO/c16-13-5-4-11(18)8-10(13)9-20-15-3-1-2-14(17)12(15)6-7-19/h1-5,8H,6-7,9,19H2. The first-order chi connectivity index (χ1) is 9.61. The zero-order chi connectivity index (χ0) is 14.5. The maximum Gasteiger partial charge on any atom is 0.124 e. The maximum absolute atomic E-state index is 13.2. The molecule has 0 spiro atoms. The summed E-state index contributed by atoms with van der Waals surface area (Å²) in [4.78, 5) is 0. The Morgan fingerprint density at radius 3 is 2.65 bits per heavy atom. The van der Waals surface area contributed by atoms with E-state index in [0.717, 1.165) is 5.56 Å². The van der Waals surface area contributed by atoms with Gasteiger partial charge in [0, 0.05) is 21.2 Å². The third kappa shape index (κ3) is 3.63. The van der Waals surface area contributed by atoms with Crippen molar-refractivity contribution in [2.24, 2.45) is 5.73 Å². The van der Waals surface area contributed by atoms with E-state index in [4.69, 9.17) is 33.7 Å². The molecule has 2 N–H and O–H groups in total. The van der Waals surface area contributed by atoms with E-state index >= 15 is 0 Å². The highest BCUT2D eigenvalue weighted by Crippen LogP contribution is 2.28. The maximum atomic E-state index is 13.2. The summed E-state index contributed by atoms with van der Waals surface area (Å²) in [6, 6.07) is 9.57. The van der Waals surface area contributed by atoms with Gasteiger partial charge in [-0.05, 0) is 43.3 Å². The molecular weight excluding hydrogens is 300 g/mol. The van der Waals surface area contributed by atoms with Crippen molar-refractivity contribution in [2.75, 3.05) is 6.54 Å². The lowest BCUT2D eigenvalue weighted by atomic mass is 10.1. The highest BCUT2D eigenvalue weighted by atomic mass is 35.5. The summed E-state index contributed by atoms with van der Waals surface area (Å²) in [6.45, 7) is 0.648. The number of hydrogen-bond donors (Lipinski definition) is 1. The minimum Gasteiger partial charge on any atom is -0.489 e. The Bertz CT molecular complexity index is 604. The van der Waals surface area contributed by atoms with E-state index in [0.29, 0.717) is 34.3 Å². The molecule has 2 nitrogen and oxygen atoms in total. The minimum atomic E-state index is -0.346. The fourth-order valence-electron chi connectivity index (χ4n) is 1.87. The van der Waals surface area contributed by atoms with Crippen LogP contribution in [0.25, 0.3) is 0 Å². The van der Waals surface area contributed by atoms with Gasteiger partial charge in [-0.25, -0.2) is 4.39 Å². The molecule has 0 atom stereocenters. The quantitative estimate of drug-likeness (QED) is 0.897. The molecule has 0 radical (unpaired) electrons. The number of rotatable bonds is 5. The second-order valence-corrected chi connectivity index (χ2v) is 5.09. The third-order valence-corrected chi connectivity index (χ3v) is 3.58. The van der Waals surface area contributed by atoms with Gasteiger partial charge >= 0.3 is 0 Å². The van der Waals surface area contributed by atoms with Crippen molar-refractivity contribution in [1.29, 1.82) is 0 Å². The molecule has 106 valence electrons. The average molecular weight is 314 g/mol. The van der Waals surface area contributed by atoms with Crippen LogP contribution in [0, 0.1) is 5.82 Å². The van der Waals surface area contributed by atoms with Gasteiger partial charge in [-0.15, -0.1) is 0 Å². The smallest absolute Gasteiger partial charge is 0.124 e. The fraction of sp³-hybridized carbons (Fsp3) is 0.200. The zero-order valence-corrected chi connectivity index (χ0v) is 12.2. The van der Waals surface area contributed by atoms with Gasteiger partial charge < -0.3 is 10.5 Å². The van der Waals surface area contributed by atoms with Crippen molar-refractivity contribution in [1.82, 2.24) is 0 Å². The van der Waals surface area contributed by atoms with Crippen LogP contribution in [-0.2, 0) is 13.0 Å². The zero-order valence-electron chi connectivity index (χ0n) is 10.7. The molecule has 0 bridgehead atoms. The van der Waals surface area contributed by atoms with Crippen molar-refractivity contribution in [2.45, 2.75) is 13.0 Å². The lowest BCUT2D eigenvalue weighted by Gasteiger charge is -2.13. The normalized spacial score (nSPS) is 10.6. The lowest BCUT2D eigenvalue weighted by molar-refractivity contribution is 0.302. The van der Waals surface area contributed by atoms with Gasteiger partial charge in [-0.2, -0.15) is 0 Å². The molecule has 0 saturated heterocycles. The van der Waals surface area contributed by atoms with E-state index in [-0.39, 0.29) is 12.4 Å². The average Bonchev–Trinajstić information content (AvgIpc) is 2.43. The summed E-state index contributed by atoms with van der Waals surface area (Å²) in [5.74, 6) is 0.296. The Balaban J connectivity index is 2.18. The van der Waals surface area contributed by atoms with E-state index in [1.807, 2.05) is 6.07 Å². The van der Waals surface area contributed by atoms with E-state index in [1.54, 1.807) is 12.1 Å². The van der Waals surface area contributed by atoms with Gasteiger partial charge in [0.2, 0.25) is 0 Å².